The molecule has 1 aliphatic carbocycles. The summed E-state index contributed by atoms with van der Waals surface area (Å²) in [6.45, 7) is 0. The van der Waals surface area contributed by atoms with Crippen LogP contribution in [0.3, 0.4) is 0 Å². The van der Waals surface area contributed by atoms with E-state index in [4.69, 9.17) is 16.5 Å². The molecule has 4 heteroatoms. The van der Waals surface area contributed by atoms with Crippen molar-refractivity contribution in [2.75, 3.05) is 11.1 Å². The van der Waals surface area contributed by atoms with Gasteiger partial charge in [0, 0.05) is 16.6 Å². The van der Waals surface area contributed by atoms with Crippen molar-refractivity contribution in [3.8, 4) is 0 Å². The van der Waals surface area contributed by atoms with Crippen molar-refractivity contribution in [1.29, 1.82) is 0 Å². The minimum absolute atomic E-state index is 0.166. The first-order chi connectivity index (χ1) is 14.2. The van der Waals surface area contributed by atoms with Crippen LogP contribution in [0, 0.1) is 0 Å². The van der Waals surface area contributed by atoms with Gasteiger partial charge in [0.05, 0.1) is 28.8 Å². The summed E-state index contributed by atoms with van der Waals surface area (Å²) in [5.41, 5.74) is 19.7. The maximum Gasteiger partial charge on any atom is 0.0697 e. The third-order valence-electron chi connectivity index (χ3n) is 5.39. The van der Waals surface area contributed by atoms with Gasteiger partial charge in [-0.2, -0.15) is 0 Å². The van der Waals surface area contributed by atoms with Gasteiger partial charge in [0.1, 0.15) is 0 Å². The maximum absolute atomic E-state index is 6.54. The minimum Gasteiger partial charge on any atom is -0.397 e. The summed E-state index contributed by atoms with van der Waals surface area (Å²) in [5.74, 6) is 0. The summed E-state index contributed by atoms with van der Waals surface area (Å²) < 4.78 is 0. The predicted octanol–water partition coefficient (Wildman–Crippen LogP) is 5.17. The molecule has 1 atom stereocenters. The van der Waals surface area contributed by atoms with Crippen molar-refractivity contribution in [3.05, 3.63) is 96.1 Å². The van der Waals surface area contributed by atoms with E-state index in [1.165, 1.54) is 10.9 Å². The molecule has 0 amide bonds. The Morgan fingerprint density at radius 3 is 2.34 bits per heavy atom. The molecule has 0 spiro atoms. The molecule has 1 unspecified atom stereocenters. The Kier molecular flexibility index (Phi) is 4.26. The number of rotatable bonds is 3. The summed E-state index contributed by atoms with van der Waals surface area (Å²) in [5, 5.41) is 5.77. The van der Waals surface area contributed by atoms with Crippen LogP contribution in [0.1, 0.15) is 11.1 Å². The summed E-state index contributed by atoms with van der Waals surface area (Å²) in [4.78, 5) is 4.90. The third-order valence-corrected chi connectivity index (χ3v) is 5.39. The molecule has 0 aromatic heterocycles. The van der Waals surface area contributed by atoms with Crippen LogP contribution in [0.15, 0.2) is 89.9 Å². The van der Waals surface area contributed by atoms with Gasteiger partial charge >= 0.3 is 0 Å². The summed E-state index contributed by atoms with van der Waals surface area (Å²) in [7, 11) is 0. The Labute approximate surface area is 169 Å². The van der Waals surface area contributed by atoms with Crippen LogP contribution in [0.5, 0.6) is 0 Å². The topological polar surface area (TPSA) is 76.4 Å². The summed E-state index contributed by atoms with van der Waals surface area (Å²) in [6, 6.07) is 28.2. The van der Waals surface area contributed by atoms with Crippen molar-refractivity contribution in [2.45, 2.75) is 12.5 Å². The van der Waals surface area contributed by atoms with Crippen molar-refractivity contribution >= 4 is 39.2 Å². The smallest absolute Gasteiger partial charge is 0.0697 e. The highest BCUT2D eigenvalue weighted by Gasteiger charge is 2.26. The number of nitrogen functional groups attached to an aromatic ring is 1. The zero-order chi connectivity index (χ0) is 19.8. The van der Waals surface area contributed by atoms with Crippen molar-refractivity contribution in [2.24, 2.45) is 10.7 Å². The lowest BCUT2D eigenvalue weighted by Gasteiger charge is -2.26. The second-order valence-electron chi connectivity index (χ2n) is 7.36. The van der Waals surface area contributed by atoms with Gasteiger partial charge in [-0.3, -0.25) is 4.99 Å². The highest BCUT2D eigenvalue weighted by atomic mass is 14.9. The van der Waals surface area contributed by atoms with Crippen molar-refractivity contribution in [3.63, 3.8) is 0 Å². The second-order valence-corrected chi connectivity index (χ2v) is 7.36. The highest BCUT2D eigenvalue weighted by molar-refractivity contribution is 6.20. The fourth-order valence-corrected chi connectivity index (χ4v) is 4.09. The van der Waals surface area contributed by atoms with Gasteiger partial charge in [-0.25, -0.2) is 0 Å². The first-order valence-electron chi connectivity index (χ1n) is 9.76. The molecule has 1 aliphatic rings. The number of hydrogen-bond acceptors (Lipinski definition) is 4. The van der Waals surface area contributed by atoms with Crippen LogP contribution in [0.4, 0.5) is 22.7 Å². The number of nitrogens with one attached hydrogen (secondary N) is 1. The number of nitrogens with zero attached hydrogens (tertiary/aromatic N) is 1. The molecule has 0 bridgehead atoms. The molecular weight excluding hydrogens is 356 g/mol. The van der Waals surface area contributed by atoms with E-state index in [9.17, 15) is 0 Å². The van der Waals surface area contributed by atoms with Crippen LogP contribution >= 0.6 is 0 Å². The molecule has 0 fully saturated rings. The van der Waals surface area contributed by atoms with Crippen molar-refractivity contribution < 1.29 is 0 Å². The van der Waals surface area contributed by atoms with E-state index in [1.54, 1.807) is 0 Å². The van der Waals surface area contributed by atoms with Crippen LogP contribution in [0.2, 0.25) is 0 Å². The molecule has 0 radical (unpaired) electrons. The van der Waals surface area contributed by atoms with Gasteiger partial charge in [0.15, 0.2) is 0 Å². The molecular formula is C25H22N4. The summed E-state index contributed by atoms with van der Waals surface area (Å²) in [6.07, 6.45) is 0.717. The molecule has 0 heterocycles. The van der Waals surface area contributed by atoms with E-state index in [1.807, 2.05) is 60.7 Å². The zero-order valence-electron chi connectivity index (χ0n) is 16.0. The molecule has 142 valence electrons. The molecule has 4 aromatic carbocycles. The monoisotopic (exact) mass is 378 g/mol. The van der Waals surface area contributed by atoms with Gasteiger partial charge in [-0.1, -0.05) is 54.6 Å². The van der Waals surface area contributed by atoms with Crippen LogP contribution in [-0.4, -0.2) is 11.8 Å². The Hall–Kier alpha value is -3.63. The molecule has 4 nitrogen and oxygen atoms in total. The SMILES string of the molecule is Nc1cc2c3c(cccc3c1Nc1ccccc1)C(=Nc1ccccc1)C(N)C2. The number of para-hydroxylation sites is 2. The van der Waals surface area contributed by atoms with Crippen LogP contribution in [0.25, 0.3) is 10.8 Å². The number of aliphatic imine (C=N–C) groups is 1. The standard InChI is InChI=1S/C25H22N4/c26-21-14-16-15-22(27)25(29-18-10-5-2-6-11-18)20-13-7-12-19(23(16)20)24(21)28-17-8-3-1-4-9-17/h1-14,22,28H,15,26-27H2. The fraction of sp³-hybridized carbons (Fsp3) is 0.0800. The Morgan fingerprint density at radius 2 is 1.59 bits per heavy atom. The number of hydrogen-bond donors (Lipinski definition) is 3. The molecule has 5 rings (SSSR count). The van der Waals surface area contributed by atoms with Crippen molar-refractivity contribution in [1.82, 2.24) is 0 Å². The van der Waals surface area contributed by atoms with Gasteiger partial charge in [-0.05, 0) is 47.7 Å². The highest BCUT2D eigenvalue weighted by Crippen LogP contribution is 2.39. The van der Waals surface area contributed by atoms with E-state index in [2.05, 4.69) is 29.6 Å². The summed E-state index contributed by atoms with van der Waals surface area (Å²) >= 11 is 0. The van der Waals surface area contributed by atoms with Crippen LogP contribution in [-0.2, 0) is 6.42 Å². The molecule has 0 saturated carbocycles. The first-order valence-corrected chi connectivity index (χ1v) is 9.76. The Morgan fingerprint density at radius 1 is 0.862 bits per heavy atom. The second kappa shape index (κ2) is 7.08. The molecule has 4 aromatic rings. The maximum atomic E-state index is 6.54. The predicted molar refractivity (Wildman–Crippen MR) is 122 cm³/mol. The zero-order valence-corrected chi connectivity index (χ0v) is 16.0. The Balaban J connectivity index is 1.71. The molecule has 0 aliphatic heterocycles. The average molecular weight is 378 g/mol. The van der Waals surface area contributed by atoms with E-state index in [0.717, 1.165) is 45.8 Å². The number of benzene rings is 4. The van der Waals surface area contributed by atoms with Gasteiger partial charge in [0.2, 0.25) is 0 Å². The van der Waals surface area contributed by atoms with E-state index >= 15 is 0 Å². The number of nitrogens with two attached hydrogens (primary N) is 2. The quantitative estimate of drug-likeness (QED) is 0.431. The van der Waals surface area contributed by atoms with E-state index in [0.29, 0.717) is 0 Å². The fourth-order valence-electron chi connectivity index (χ4n) is 4.09. The molecule has 29 heavy (non-hydrogen) atoms. The first kappa shape index (κ1) is 17.5. The number of anilines is 3. The van der Waals surface area contributed by atoms with Crippen LogP contribution < -0.4 is 16.8 Å². The van der Waals surface area contributed by atoms with E-state index in [-0.39, 0.29) is 6.04 Å². The lowest BCUT2D eigenvalue weighted by Crippen LogP contribution is -2.36. The van der Waals surface area contributed by atoms with Gasteiger partial charge in [0.25, 0.3) is 0 Å². The average Bonchev–Trinajstić information content (AvgIpc) is 2.75. The minimum atomic E-state index is -0.166. The Bertz CT molecular complexity index is 1210. The normalized spacial score (nSPS) is 16.9. The largest absolute Gasteiger partial charge is 0.397 e. The van der Waals surface area contributed by atoms with Gasteiger partial charge < -0.3 is 16.8 Å². The molecule has 0 saturated heterocycles. The lowest BCUT2D eigenvalue weighted by molar-refractivity contribution is 0.846. The van der Waals surface area contributed by atoms with Gasteiger partial charge in [-0.15, -0.1) is 0 Å². The molecule has 5 N–H and O–H groups in total. The van der Waals surface area contributed by atoms with E-state index < -0.39 is 0 Å². The third kappa shape index (κ3) is 3.13. The lowest BCUT2D eigenvalue weighted by atomic mass is 9.83.